The molecule has 1 rings (SSSR count). The molecular weight excluding hydrogens is 360 g/mol. The summed E-state index contributed by atoms with van der Waals surface area (Å²) >= 11 is 0. The van der Waals surface area contributed by atoms with Gasteiger partial charge < -0.3 is 10.2 Å². The molecule has 0 aliphatic heterocycles. The highest BCUT2D eigenvalue weighted by Gasteiger charge is 2.41. The van der Waals surface area contributed by atoms with Crippen LogP contribution in [0.1, 0.15) is 111 Å². The normalized spacial score (nSPS) is 15.8. The van der Waals surface area contributed by atoms with E-state index in [0.29, 0.717) is 12.2 Å². The van der Waals surface area contributed by atoms with Gasteiger partial charge in [-0.2, -0.15) is 0 Å². The molecule has 29 heavy (non-hydrogen) atoms. The largest absolute Gasteiger partial charge is 0.507 e. The van der Waals surface area contributed by atoms with Gasteiger partial charge in [0.1, 0.15) is 5.75 Å². The van der Waals surface area contributed by atoms with Gasteiger partial charge in [-0.05, 0) is 59.6 Å². The average molecular weight is 405 g/mol. The second-order valence-electron chi connectivity index (χ2n) is 11.1. The van der Waals surface area contributed by atoms with Crippen molar-refractivity contribution in [2.24, 2.45) is 11.3 Å². The van der Waals surface area contributed by atoms with Gasteiger partial charge in [-0.25, -0.2) is 0 Å². The minimum absolute atomic E-state index is 0.148. The number of phenolic OH excluding ortho intramolecular Hbond substituents is 1. The number of carboxylic acids is 1. The highest BCUT2D eigenvalue weighted by Crippen LogP contribution is 2.43. The maximum atomic E-state index is 12.5. The lowest BCUT2D eigenvalue weighted by atomic mass is 9.68. The van der Waals surface area contributed by atoms with E-state index in [-0.39, 0.29) is 16.7 Å². The molecule has 166 valence electrons. The molecule has 0 bridgehead atoms. The van der Waals surface area contributed by atoms with Crippen LogP contribution >= 0.6 is 0 Å². The van der Waals surface area contributed by atoms with E-state index < -0.39 is 11.4 Å². The Morgan fingerprint density at radius 2 is 1.38 bits per heavy atom. The SMILES string of the molecule is CCCCC(CCC)C(C)(Cc1cc(C(C)(C)C)c(O)c(C(C)(C)C)c1)C(=O)O. The number of hydrogen-bond donors (Lipinski definition) is 2. The van der Waals surface area contributed by atoms with E-state index in [1.165, 1.54) is 0 Å². The fourth-order valence-corrected chi connectivity index (χ4v) is 4.34. The fourth-order valence-electron chi connectivity index (χ4n) is 4.34. The van der Waals surface area contributed by atoms with Gasteiger partial charge >= 0.3 is 5.97 Å². The third kappa shape index (κ3) is 6.23. The number of carboxylic acid groups (broad SMARTS) is 1. The molecule has 1 aromatic rings. The van der Waals surface area contributed by atoms with Gasteiger partial charge in [-0.1, -0.05) is 86.8 Å². The summed E-state index contributed by atoms with van der Waals surface area (Å²) in [6.45, 7) is 18.8. The molecule has 0 fully saturated rings. The Bertz CT molecular complexity index is 656. The van der Waals surface area contributed by atoms with Gasteiger partial charge in [0, 0.05) is 0 Å². The zero-order chi connectivity index (χ0) is 22.6. The summed E-state index contributed by atoms with van der Waals surface area (Å²) in [6.07, 6.45) is 5.50. The van der Waals surface area contributed by atoms with Crippen molar-refractivity contribution in [1.29, 1.82) is 0 Å². The van der Waals surface area contributed by atoms with E-state index in [1.807, 2.05) is 19.1 Å². The lowest BCUT2D eigenvalue weighted by Crippen LogP contribution is -2.38. The Hall–Kier alpha value is -1.51. The van der Waals surface area contributed by atoms with Gasteiger partial charge in [0.05, 0.1) is 5.41 Å². The molecule has 0 amide bonds. The van der Waals surface area contributed by atoms with Crippen LogP contribution in [-0.2, 0) is 22.0 Å². The topological polar surface area (TPSA) is 57.5 Å². The van der Waals surface area contributed by atoms with E-state index in [1.54, 1.807) is 0 Å². The van der Waals surface area contributed by atoms with Gasteiger partial charge in [-0.3, -0.25) is 4.79 Å². The van der Waals surface area contributed by atoms with E-state index in [2.05, 4.69) is 55.4 Å². The van der Waals surface area contributed by atoms with Crippen LogP contribution in [-0.4, -0.2) is 16.2 Å². The van der Waals surface area contributed by atoms with E-state index in [4.69, 9.17) is 0 Å². The summed E-state index contributed by atoms with van der Waals surface area (Å²) in [5.74, 6) is -0.216. The molecule has 0 saturated carbocycles. The Balaban J connectivity index is 3.55. The maximum Gasteiger partial charge on any atom is 0.309 e. The van der Waals surface area contributed by atoms with Crippen molar-refractivity contribution in [3.8, 4) is 5.75 Å². The fraction of sp³-hybridized carbons (Fsp3) is 0.731. The summed E-state index contributed by atoms with van der Waals surface area (Å²) in [5, 5.41) is 21.2. The quantitative estimate of drug-likeness (QED) is 0.456. The third-order valence-electron chi connectivity index (χ3n) is 6.29. The summed E-state index contributed by atoms with van der Waals surface area (Å²) in [4.78, 5) is 12.5. The average Bonchev–Trinajstić information content (AvgIpc) is 2.57. The Labute approximate surface area is 178 Å². The molecule has 0 aliphatic carbocycles. The first-order valence-electron chi connectivity index (χ1n) is 11.3. The summed E-state index contributed by atoms with van der Waals surface area (Å²) in [6, 6.07) is 4.07. The lowest BCUT2D eigenvalue weighted by Gasteiger charge is -2.35. The van der Waals surface area contributed by atoms with E-state index in [9.17, 15) is 15.0 Å². The monoisotopic (exact) mass is 404 g/mol. The zero-order valence-corrected chi connectivity index (χ0v) is 20.3. The van der Waals surface area contributed by atoms with E-state index in [0.717, 1.165) is 48.8 Å². The number of rotatable bonds is 9. The Morgan fingerprint density at radius 3 is 1.72 bits per heavy atom. The molecule has 0 heterocycles. The molecule has 0 aliphatic rings. The maximum absolute atomic E-state index is 12.5. The van der Waals surface area contributed by atoms with Gasteiger partial charge in [-0.15, -0.1) is 0 Å². The first kappa shape index (κ1) is 25.5. The number of phenols is 1. The first-order chi connectivity index (χ1) is 13.2. The molecule has 2 atom stereocenters. The molecule has 0 aromatic heterocycles. The van der Waals surface area contributed by atoms with Crippen molar-refractivity contribution in [2.45, 2.75) is 112 Å². The Kier molecular flexibility index (Phi) is 8.39. The number of aliphatic carboxylic acids is 1. The van der Waals surface area contributed by atoms with Crippen molar-refractivity contribution >= 4 is 5.97 Å². The van der Waals surface area contributed by atoms with Gasteiger partial charge in [0.25, 0.3) is 0 Å². The van der Waals surface area contributed by atoms with E-state index >= 15 is 0 Å². The number of hydrogen-bond acceptors (Lipinski definition) is 2. The summed E-state index contributed by atoms with van der Waals surface area (Å²) in [5.41, 5.74) is 1.56. The first-order valence-corrected chi connectivity index (χ1v) is 11.3. The second kappa shape index (κ2) is 9.53. The van der Waals surface area contributed by atoms with Crippen molar-refractivity contribution in [1.82, 2.24) is 0 Å². The van der Waals surface area contributed by atoms with Crippen molar-refractivity contribution < 1.29 is 15.0 Å². The molecule has 3 heteroatoms. The Morgan fingerprint density at radius 1 is 0.897 bits per heavy atom. The number of unbranched alkanes of at least 4 members (excludes halogenated alkanes) is 1. The standard InChI is InChI=1S/C26H44O3/c1-10-12-14-19(13-11-2)26(9,23(28)29)17-18-15-20(24(3,4)5)22(27)21(16-18)25(6,7)8/h15-16,19,27H,10-14,17H2,1-9H3,(H,28,29). The number of aromatic hydroxyl groups is 1. The smallest absolute Gasteiger partial charge is 0.309 e. The zero-order valence-electron chi connectivity index (χ0n) is 20.3. The minimum Gasteiger partial charge on any atom is -0.507 e. The molecule has 1 aromatic carbocycles. The van der Waals surface area contributed by atoms with Crippen LogP contribution in [0.25, 0.3) is 0 Å². The predicted molar refractivity (Wildman–Crippen MR) is 123 cm³/mol. The molecule has 0 spiro atoms. The lowest BCUT2D eigenvalue weighted by molar-refractivity contribution is -0.151. The van der Waals surface area contributed by atoms with Crippen molar-refractivity contribution in [3.05, 3.63) is 28.8 Å². The number of carbonyl (C=O) groups is 1. The van der Waals surface area contributed by atoms with Crippen LogP contribution in [0, 0.1) is 11.3 Å². The van der Waals surface area contributed by atoms with Crippen LogP contribution in [0.5, 0.6) is 5.75 Å². The predicted octanol–water partition coefficient (Wildman–Crippen LogP) is 7.23. The van der Waals surface area contributed by atoms with Crippen LogP contribution in [0.4, 0.5) is 0 Å². The molecule has 3 nitrogen and oxygen atoms in total. The molecule has 0 radical (unpaired) electrons. The highest BCUT2D eigenvalue weighted by atomic mass is 16.4. The molecule has 2 N–H and O–H groups in total. The molecular formula is C26H44O3. The van der Waals surface area contributed by atoms with Gasteiger partial charge in [0.15, 0.2) is 0 Å². The highest BCUT2D eigenvalue weighted by molar-refractivity contribution is 5.75. The van der Waals surface area contributed by atoms with Crippen molar-refractivity contribution in [3.63, 3.8) is 0 Å². The third-order valence-corrected chi connectivity index (χ3v) is 6.29. The molecule has 2 unspecified atom stereocenters. The van der Waals surface area contributed by atoms with Gasteiger partial charge in [0.2, 0.25) is 0 Å². The van der Waals surface area contributed by atoms with Crippen LogP contribution in [0.2, 0.25) is 0 Å². The summed E-state index contributed by atoms with van der Waals surface area (Å²) in [7, 11) is 0. The summed E-state index contributed by atoms with van der Waals surface area (Å²) < 4.78 is 0. The molecule has 0 saturated heterocycles. The number of benzene rings is 1. The minimum atomic E-state index is -0.813. The van der Waals surface area contributed by atoms with Crippen LogP contribution < -0.4 is 0 Å². The van der Waals surface area contributed by atoms with Crippen LogP contribution in [0.3, 0.4) is 0 Å². The van der Waals surface area contributed by atoms with Crippen molar-refractivity contribution in [2.75, 3.05) is 0 Å². The second-order valence-corrected chi connectivity index (χ2v) is 11.1. The van der Waals surface area contributed by atoms with Crippen LogP contribution in [0.15, 0.2) is 12.1 Å².